The molecule has 0 spiro atoms. The number of sulfone groups is 1. The van der Waals surface area contributed by atoms with Crippen molar-refractivity contribution in [2.24, 2.45) is 0 Å². The molecule has 0 fully saturated rings. The molecule has 0 unspecified atom stereocenters. The van der Waals surface area contributed by atoms with E-state index in [-0.39, 0.29) is 10.6 Å². The second-order valence-electron chi connectivity index (χ2n) is 5.37. The number of nitro groups is 1. The molecule has 2 aromatic carbocycles. The fourth-order valence-corrected chi connectivity index (χ4v) is 3.24. The van der Waals surface area contributed by atoms with Crippen molar-refractivity contribution in [1.82, 2.24) is 0 Å². The molecule has 0 aliphatic carbocycles. The maximum Gasteiger partial charge on any atom is 0.270 e. The predicted octanol–water partition coefficient (Wildman–Crippen LogP) is 3.70. The van der Waals surface area contributed by atoms with Crippen molar-refractivity contribution in [1.29, 1.82) is 0 Å². The quantitative estimate of drug-likeness (QED) is 0.457. The Morgan fingerprint density at radius 3 is 2.42 bits per heavy atom. The average molecular weight is 369 g/mol. The number of nitrogens with one attached hydrogen (secondary N) is 1. The van der Waals surface area contributed by atoms with Crippen LogP contribution in [0.5, 0.6) is 0 Å². The Bertz CT molecular complexity index is 836. The molecule has 8 heteroatoms. The number of rotatable bonds is 7. The SMILES string of the molecule is CS(=O)(=O)c1cc([N+](=O)[O-])ccc1NCCCc1ccc(Cl)cc1. The summed E-state index contributed by atoms with van der Waals surface area (Å²) >= 11 is 5.83. The molecule has 24 heavy (non-hydrogen) atoms. The van der Waals surface area contributed by atoms with E-state index in [1.807, 2.05) is 24.3 Å². The minimum Gasteiger partial charge on any atom is -0.384 e. The Morgan fingerprint density at radius 1 is 1.17 bits per heavy atom. The van der Waals surface area contributed by atoms with Crippen LogP contribution >= 0.6 is 11.6 Å². The van der Waals surface area contributed by atoms with Crippen LogP contribution < -0.4 is 5.32 Å². The van der Waals surface area contributed by atoms with Crippen molar-refractivity contribution in [2.75, 3.05) is 18.1 Å². The molecule has 0 bridgehead atoms. The van der Waals surface area contributed by atoms with Crippen LogP contribution in [0.25, 0.3) is 0 Å². The molecule has 1 N–H and O–H groups in total. The largest absolute Gasteiger partial charge is 0.384 e. The highest BCUT2D eigenvalue weighted by Crippen LogP contribution is 2.26. The molecule has 0 atom stereocenters. The molecule has 0 saturated heterocycles. The van der Waals surface area contributed by atoms with Gasteiger partial charge in [0.15, 0.2) is 9.84 Å². The van der Waals surface area contributed by atoms with E-state index in [0.717, 1.165) is 30.7 Å². The van der Waals surface area contributed by atoms with E-state index in [0.29, 0.717) is 17.3 Å². The third-order valence-corrected chi connectivity index (χ3v) is 4.84. The normalized spacial score (nSPS) is 11.2. The van der Waals surface area contributed by atoms with Gasteiger partial charge >= 0.3 is 0 Å². The summed E-state index contributed by atoms with van der Waals surface area (Å²) in [5.41, 5.74) is 1.26. The smallest absolute Gasteiger partial charge is 0.270 e. The Kier molecular flexibility index (Phi) is 5.80. The Hall–Kier alpha value is -2.12. The number of benzene rings is 2. The topological polar surface area (TPSA) is 89.3 Å². The van der Waals surface area contributed by atoms with E-state index in [9.17, 15) is 18.5 Å². The van der Waals surface area contributed by atoms with E-state index in [1.54, 1.807) is 0 Å². The molecule has 0 aliphatic heterocycles. The van der Waals surface area contributed by atoms with Gasteiger partial charge in [0.25, 0.3) is 5.69 Å². The molecule has 0 aliphatic rings. The van der Waals surface area contributed by atoms with Gasteiger partial charge in [-0.1, -0.05) is 23.7 Å². The zero-order valence-corrected chi connectivity index (χ0v) is 14.6. The number of halogens is 1. The summed E-state index contributed by atoms with van der Waals surface area (Å²) in [4.78, 5) is 10.1. The second kappa shape index (κ2) is 7.63. The molecule has 2 rings (SSSR count). The lowest BCUT2D eigenvalue weighted by Gasteiger charge is -2.11. The first-order valence-electron chi connectivity index (χ1n) is 7.24. The van der Waals surface area contributed by atoms with Crippen LogP contribution in [0.15, 0.2) is 47.4 Å². The summed E-state index contributed by atoms with van der Waals surface area (Å²) in [6, 6.07) is 11.3. The van der Waals surface area contributed by atoms with E-state index in [4.69, 9.17) is 11.6 Å². The molecule has 0 amide bonds. The van der Waals surface area contributed by atoms with Gasteiger partial charge in [0.2, 0.25) is 0 Å². The first-order valence-corrected chi connectivity index (χ1v) is 9.51. The number of anilines is 1. The number of nitrogens with zero attached hydrogens (tertiary/aromatic N) is 1. The number of nitro benzene ring substituents is 1. The maximum atomic E-state index is 11.8. The second-order valence-corrected chi connectivity index (χ2v) is 7.79. The molecule has 2 aromatic rings. The fraction of sp³-hybridized carbons (Fsp3) is 0.250. The lowest BCUT2D eigenvalue weighted by atomic mass is 10.1. The molecule has 0 aromatic heterocycles. The summed E-state index contributed by atoms with van der Waals surface area (Å²) in [5.74, 6) is 0. The van der Waals surface area contributed by atoms with Gasteiger partial charge in [-0.3, -0.25) is 10.1 Å². The highest BCUT2D eigenvalue weighted by molar-refractivity contribution is 7.90. The summed E-state index contributed by atoms with van der Waals surface area (Å²) in [7, 11) is -3.57. The van der Waals surface area contributed by atoms with Crippen LogP contribution in [0, 0.1) is 10.1 Å². The highest BCUT2D eigenvalue weighted by Gasteiger charge is 2.18. The Morgan fingerprint density at radius 2 is 1.83 bits per heavy atom. The lowest BCUT2D eigenvalue weighted by Crippen LogP contribution is -2.08. The molecule has 128 valence electrons. The highest BCUT2D eigenvalue weighted by atomic mass is 35.5. The van der Waals surface area contributed by atoms with E-state index in [2.05, 4.69) is 5.32 Å². The predicted molar refractivity (Wildman–Crippen MR) is 94.5 cm³/mol. The summed E-state index contributed by atoms with van der Waals surface area (Å²) < 4.78 is 23.7. The van der Waals surface area contributed by atoms with Gasteiger partial charge in [-0.25, -0.2) is 8.42 Å². The Labute approximate surface area is 145 Å². The summed E-state index contributed by atoms with van der Waals surface area (Å²) in [6.07, 6.45) is 2.62. The molecule has 0 heterocycles. The van der Waals surface area contributed by atoms with Crippen LogP contribution in [-0.2, 0) is 16.3 Å². The zero-order valence-electron chi connectivity index (χ0n) is 13.0. The standard InChI is InChI=1S/C16H17ClN2O4S/c1-24(22,23)16-11-14(19(20)21)8-9-15(16)18-10-2-3-12-4-6-13(17)7-5-12/h4-9,11,18H,2-3,10H2,1H3. The van der Waals surface area contributed by atoms with Gasteiger partial charge in [0, 0.05) is 30.0 Å². The van der Waals surface area contributed by atoms with Crippen molar-refractivity contribution in [2.45, 2.75) is 17.7 Å². The Balaban J connectivity index is 2.04. The summed E-state index contributed by atoms with van der Waals surface area (Å²) in [5, 5.41) is 14.5. The zero-order chi connectivity index (χ0) is 17.7. The van der Waals surface area contributed by atoms with Gasteiger partial charge in [0.05, 0.1) is 15.5 Å². The third kappa shape index (κ3) is 4.94. The van der Waals surface area contributed by atoms with Crippen molar-refractivity contribution in [3.63, 3.8) is 0 Å². The van der Waals surface area contributed by atoms with Gasteiger partial charge in [-0.05, 0) is 36.6 Å². The molecular formula is C16H17ClN2O4S. The van der Waals surface area contributed by atoms with Crippen molar-refractivity contribution >= 4 is 32.8 Å². The van der Waals surface area contributed by atoms with Gasteiger partial charge < -0.3 is 5.32 Å². The van der Waals surface area contributed by atoms with Crippen LogP contribution in [-0.4, -0.2) is 26.1 Å². The van der Waals surface area contributed by atoms with Gasteiger partial charge in [0.1, 0.15) is 0 Å². The van der Waals surface area contributed by atoms with E-state index < -0.39 is 14.8 Å². The van der Waals surface area contributed by atoms with Gasteiger partial charge in [-0.2, -0.15) is 0 Å². The first-order chi connectivity index (χ1) is 11.3. The molecule has 0 radical (unpaired) electrons. The molecule has 0 saturated carbocycles. The van der Waals surface area contributed by atoms with Crippen LogP contribution in [0.2, 0.25) is 5.02 Å². The lowest BCUT2D eigenvalue weighted by molar-refractivity contribution is -0.385. The third-order valence-electron chi connectivity index (χ3n) is 3.45. The van der Waals surface area contributed by atoms with E-state index in [1.165, 1.54) is 12.1 Å². The van der Waals surface area contributed by atoms with Crippen molar-refractivity contribution < 1.29 is 13.3 Å². The molecular weight excluding hydrogens is 352 g/mol. The summed E-state index contributed by atoms with van der Waals surface area (Å²) in [6.45, 7) is 0.545. The maximum absolute atomic E-state index is 11.8. The number of aryl methyl sites for hydroxylation is 1. The van der Waals surface area contributed by atoms with Crippen molar-refractivity contribution in [3.8, 4) is 0 Å². The molecule has 6 nitrogen and oxygen atoms in total. The fourth-order valence-electron chi connectivity index (χ4n) is 2.24. The number of non-ortho nitro benzene ring substituents is 1. The minimum atomic E-state index is -3.57. The van der Waals surface area contributed by atoms with Gasteiger partial charge in [-0.15, -0.1) is 0 Å². The van der Waals surface area contributed by atoms with Crippen LogP contribution in [0.3, 0.4) is 0 Å². The van der Waals surface area contributed by atoms with E-state index >= 15 is 0 Å². The minimum absolute atomic E-state index is 0.0665. The van der Waals surface area contributed by atoms with Crippen LogP contribution in [0.4, 0.5) is 11.4 Å². The number of hydrogen-bond acceptors (Lipinski definition) is 5. The van der Waals surface area contributed by atoms with Crippen LogP contribution in [0.1, 0.15) is 12.0 Å². The van der Waals surface area contributed by atoms with Crippen molar-refractivity contribution in [3.05, 3.63) is 63.2 Å². The average Bonchev–Trinajstić information content (AvgIpc) is 2.52. The first kappa shape index (κ1) is 18.2. The number of hydrogen-bond donors (Lipinski definition) is 1. The monoisotopic (exact) mass is 368 g/mol.